The van der Waals surface area contributed by atoms with Crippen LogP contribution in [0.4, 0.5) is 0 Å². The lowest BCUT2D eigenvalue weighted by Gasteiger charge is -2.20. The molecule has 1 N–H and O–H groups in total. The number of ether oxygens (including phenoxy) is 1. The molecular formula is C16H21NO2. The minimum Gasteiger partial charge on any atom is -0.491 e. The van der Waals surface area contributed by atoms with E-state index in [2.05, 4.69) is 18.3 Å². The summed E-state index contributed by atoms with van der Waals surface area (Å²) in [6.45, 7) is 6.11. The zero-order valence-electron chi connectivity index (χ0n) is 11.9. The Bertz CT molecular complexity index is 531. The van der Waals surface area contributed by atoms with E-state index in [0.29, 0.717) is 0 Å². The van der Waals surface area contributed by atoms with Gasteiger partial charge in [0.15, 0.2) is 0 Å². The molecule has 0 aliphatic carbocycles. The van der Waals surface area contributed by atoms with E-state index in [9.17, 15) is 0 Å². The van der Waals surface area contributed by atoms with Crippen LogP contribution >= 0.6 is 0 Å². The Kier molecular flexibility index (Phi) is 4.27. The molecule has 0 saturated carbocycles. The Morgan fingerprint density at radius 3 is 2.47 bits per heavy atom. The fraction of sp³-hybridized carbons (Fsp3) is 0.375. The van der Waals surface area contributed by atoms with Gasteiger partial charge in [0, 0.05) is 5.56 Å². The van der Waals surface area contributed by atoms with Crippen molar-refractivity contribution in [1.82, 2.24) is 5.32 Å². The van der Waals surface area contributed by atoms with Gasteiger partial charge in [-0.15, -0.1) is 0 Å². The van der Waals surface area contributed by atoms with E-state index in [0.717, 1.165) is 22.6 Å². The van der Waals surface area contributed by atoms with Crippen LogP contribution in [0.15, 0.2) is 41.0 Å². The van der Waals surface area contributed by atoms with Gasteiger partial charge >= 0.3 is 0 Å². The van der Waals surface area contributed by atoms with E-state index in [1.807, 2.05) is 45.2 Å². The number of nitrogens with one attached hydrogen (secondary N) is 1. The third-order valence-electron chi connectivity index (χ3n) is 3.05. The second-order valence-electron chi connectivity index (χ2n) is 4.89. The van der Waals surface area contributed by atoms with Gasteiger partial charge in [-0.3, -0.25) is 0 Å². The van der Waals surface area contributed by atoms with E-state index in [-0.39, 0.29) is 12.1 Å². The maximum absolute atomic E-state index is 5.88. The molecule has 1 heterocycles. The zero-order valence-corrected chi connectivity index (χ0v) is 11.9. The third-order valence-corrected chi connectivity index (χ3v) is 3.05. The summed E-state index contributed by atoms with van der Waals surface area (Å²) in [4.78, 5) is 0. The van der Waals surface area contributed by atoms with Crippen LogP contribution in [-0.2, 0) is 0 Å². The van der Waals surface area contributed by atoms with Gasteiger partial charge in [-0.2, -0.15) is 0 Å². The molecule has 102 valence electrons. The number of hydrogen-bond acceptors (Lipinski definition) is 3. The number of benzene rings is 1. The Morgan fingerprint density at radius 2 is 1.89 bits per heavy atom. The summed E-state index contributed by atoms with van der Waals surface area (Å²) in [6, 6.07) is 10.1. The van der Waals surface area contributed by atoms with Crippen LogP contribution in [0, 0.1) is 6.92 Å². The summed E-state index contributed by atoms with van der Waals surface area (Å²) in [5.74, 6) is 1.83. The molecule has 0 saturated heterocycles. The fourth-order valence-electron chi connectivity index (χ4n) is 2.19. The highest BCUT2D eigenvalue weighted by Gasteiger charge is 2.21. The number of hydrogen-bond donors (Lipinski definition) is 1. The Morgan fingerprint density at radius 1 is 1.16 bits per heavy atom. The van der Waals surface area contributed by atoms with E-state index in [4.69, 9.17) is 9.15 Å². The largest absolute Gasteiger partial charge is 0.491 e. The Labute approximate surface area is 114 Å². The van der Waals surface area contributed by atoms with Crippen molar-refractivity contribution in [3.8, 4) is 5.75 Å². The predicted octanol–water partition coefficient (Wildman–Crippen LogP) is 3.68. The quantitative estimate of drug-likeness (QED) is 0.889. The van der Waals surface area contributed by atoms with Gasteiger partial charge in [-0.25, -0.2) is 0 Å². The maximum Gasteiger partial charge on any atom is 0.128 e. The van der Waals surface area contributed by atoms with Crippen LogP contribution in [0.5, 0.6) is 5.75 Å². The van der Waals surface area contributed by atoms with Crippen molar-refractivity contribution in [3.05, 3.63) is 53.5 Å². The van der Waals surface area contributed by atoms with Crippen molar-refractivity contribution in [2.45, 2.75) is 32.9 Å². The third kappa shape index (κ3) is 2.99. The molecule has 0 aliphatic heterocycles. The van der Waals surface area contributed by atoms with E-state index in [1.54, 1.807) is 6.26 Å². The van der Waals surface area contributed by atoms with Crippen molar-refractivity contribution in [2.75, 3.05) is 7.05 Å². The lowest BCUT2D eigenvalue weighted by molar-refractivity contribution is 0.238. The molecule has 1 unspecified atom stereocenters. The van der Waals surface area contributed by atoms with Gasteiger partial charge in [0.05, 0.1) is 18.4 Å². The molecule has 3 nitrogen and oxygen atoms in total. The number of aryl methyl sites for hydroxylation is 1. The Hall–Kier alpha value is -1.74. The second kappa shape index (κ2) is 5.93. The highest BCUT2D eigenvalue weighted by molar-refractivity contribution is 5.41. The minimum absolute atomic E-state index is 0.00458. The molecule has 2 rings (SSSR count). The molecule has 0 spiro atoms. The van der Waals surface area contributed by atoms with Crippen LogP contribution in [0.25, 0.3) is 0 Å². The van der Waals surface area contributed by atoms with E-state index >= 15 is 0 Å². The highest BCUT2D eigenvalue weighted by atomic mass is 16.5. The van der Waals surface area contributed by atoms with Gasteiger partial charge in [-0.1, -0.05) is 18.2 Å². The monoisotopic (exact) mass is 259 g/mol. The molecule has 19 heavy (non-hydrogen) atoms. The molecule has 2 aromatic rings. The zero-order chi connectivity index (χ0) is 13.8. The van der Waals surface area contributed by atoms with Crippen LogP contribution in [-0.4, -0.2) is 13.2 Å². The van der Waals surface area contributed by atoms with Gasteiger partial charge in [0.2, 0.25) is 0 Å². The summed E-state index contributed by atoms with van der Waals surface area (Å²) in [7, 11) is 1.93. The van der Waals surface area contributed by atoms with Crippen molar-refractivity contribution in [1.29, 1.82) is 0 Å². The predicted molar refractivity (Wildman–Crippen MR) is 76.6 cm³/mol. The van der Waals surface area contributed by atoms with Gasteiger partial charge in [-0.05, 0) is 45.5 Å². The van der Waals surface area contributed by atoms with Gasteiger partial charge in [0.25, 0.3) is 0 Å². The van der Waals surface area contributed by atoms with Crippen LogP contribution in [0.1, 0.15) is 36.8 Å². The summed E-state index contributed by atoms with van der Waals surface area (Å²) in [5.41, 5.74) is 2.23. The standard InChI is InChI=1S/C16H21NO2/c1-11(2)19-14-8-6-5-7-13(14)15(17-4)16-12(3)9-10-18-16/h5-11,15,17H,1-4H3. The molecule has 1 aromatic carbocycles. The average Bonchev–Trinajstić information content (AvgIpc) is 2.78. The van der Waals surface area contributed by atoms with Crippen molar-refractivity contribution in [3.63, 3.8) is 0 Å². The molecule has 0 fully saturated rings. The van der Waals surface area contributed by atoms with Crippen molar-refractivity contribution < 1.29 is 9.15 Å². The molecule has 0 amide bonds. The summed E-state index contributed by atoms with van der Waals surface area (Å²) in [5, 5.41) is 3.30. The molecule has 1 aromatic heterocycles. The highest BCUT2D eigenvalue weighted by Crippen LogP contribution is 2.32. The summed E-state index contributed by atoms with van der Waals surface area (Å²) >= 11 is 0. The summed E-state index contributed by atoms with van der Waals surface area (Å²) < 4.78 is 11.5. The maximum atomic E-state index is 5.88. The van der Waals surface area contributed by atoms with E-state index in [1.165, 1.54) is 0 Å². The van der Waals surface area contributed by atoms with E-state index < -0.39 is 0 Å². The molecule has 0 radical (unpaired) electrons. The first-order chi connectivity index (χ1) is 9.13. The van der Waals surface area contributed by atoms with Crippen LogP contribution in [0.3, 0.4) is 0 Å². The topological polar surface area (TPSA) is 34.4 Å². The summed E-state index contributed by atoms with van der Waals surface area (Å²) in [6.07, 6.45) is 1.87. The number of rotatable bonds is 5. The number of furan rings is 1. The van der Waals surface area contributed by atoms with Crippen molar-refractivity contribution >= 4 is 0 Å². The van der Waals surface area contributed by atoms with Crippen molar-refractivity contribution in [2.24, 2.45) is 0 Å². The first-order valence-electron chi connectivity index (χ1n) is 6.60. The first kappa shape index (κ1) is 13.7. The van der Waals surface area contributed by atoms with Gasteiger partial charge < -0.3 is 14.5 Å². The lowest BCUT2D eigenvalue weighted by atomic mass is 10.0. The molecule has 0 bridgehead atoms. The molecule has 0 aliphatic rings. The average molecular weight is 259 g/mol. The Balaban J connectivity index is 2.41. The first-order valence-corrected chi connectivity index (χ1v) is 6.60. The SMILES string of the molecule is CNC(c1ccccc1OC(C)C)c1occc1C. The molecule has 1 atom stereocenters. The second-order valence-corrected chi connectivity index (χ2v) is 4.89. The molecule has 3 heteroatoms. The fourth-order valence-corrected chi connectivity index (χ4v) is 2.19. The van der Waals surface area contributed by atoms with Gasteiger partial charge in [0.1, 0.15) is 11.5 Å². The van der Waals surface area contributed by atoms with Crippen LogP contribution in [0.2, 0.25) is 0 Å². The lowest BCUT2D eigenvalue weighted by Crippen LogP contribution is -2.19. The minimum atomic E-state index is 0.00458. The smallest absolute Gasteiger partial charge is 0.128 e. The van der Waals surface area contributed by atoms with Crippen LogP contribution < -0.4 is 10.1 Å². The normalized spacial score (nSPS) is 12.7. The number of para-hydroxylation sites is 1. The molecular weight excluding hydrogens is 238 g/mol.